The Bertz CT molecular complexity index is 23.1. The van der Waals surface area contributed by atoms with Gasteiger partial charge < -0.3 is 0 Å². The van der Waals surface area contributed by atoms with Crippen LogP contribution in [0.4, 0.5) is 8.39 Å². The predicted octanol–water partition coefficient (Wildman–Crippen LogP) is 0.320. The van der Waals surface area contributed by atoms with Crippen LogP contribution in [0.2, 0.25) is 0 Å². The summed E-state index contributed by atoms with van der Waals surface area (Å²) in [4.78, 5) is 13.8. The van der Waals surface area contributed by atoms with Gasteiger partial charge in [-0.3, -0.25) is 0 Å². The van der Waals surface area contributed by atoms with Crippen LogP contribution in [0.3, 0.4) is 0 Å². The SMILES string of the molecule is O[PH](O)(F)F. The molecule has 0 aromatic heterocycles. The summed E-state index contributed by atoms with van der Waals surface area (Å²) in [5.74, 6) is 0. The molecule has 0 aliphatic heterocycles. The van der Waals surface area contributed by atoms with Crippen LogP contribution in [0.25, 0.3) is 0 Å². The van der Waals surface area contributed by atoms with Crippen LogP contribution in [0, 0.1) is 0 Å². The molecular weight excluding hydrogens is 101 g/mol. The van der Waals surface area contributed by atoms with E-state index in [9.17, 15) is 8.39 Å². The molecule has 0 spiro atoms. The molecule has 0 atom stereocenters. The molecule has 0 rings (SSSR count). The molecule has 0 amide bonds. The van der Waals surface area contributed by atoms with E-state index in [4.69, 9.17) is 9.79 Å². The third-order valence-corrected chi connectivity index (χ3v) is 0. The molecule has 0 radical (unpaired) electrons. The zero-order chi connectivity index (χ0) is 4.50. The summed E-state index contributed by atoms with van der Waals surface area (Å²) in [6.45, 7) is 0. The van der Waals surface area contributed by atoms with Gasteiger partial charge in [0.15, 0.2) is 0 Å². The van der Waals surface area contributed by atoms with Gasteiger partial charge in [-0.2, -0.15) is 0 Å². The fourth-order valence-corrected chi connectivity index (χ4v) is 0. The predicted molar refractivity (Wildman–Crippen MR) is 15.0 cm³/mol. The van der Waals surface area contributed by atoms with Crippen LogP contribution in [0.1, 0.15) is 0 Å². The van der Waals surface area contributed by atoms with E-state index in [1.165, 1.54) is 0 Å². The fourth-order valence-electron chi connectivity index (χ4n) is 0. The maximum absolute atomic E-state index is 10.3. The van der Waals surface area contributed by atoms with Crippen molar-refractivity contribution in [3.05, 3.63) is 0 Å². The second-order valence-corrected chi connectivity index (χ2v) is 1.53. The van der Waals surface area contributed by atoms with Crippen molar-refractivity contribution < 1.29 is 18.2 Å². The van der Waals surface area contributed by atoms with Crippen LogP contribution in [-0.4, -0.2) is 9.79 Å². The van der Waals surface area contributed by atoms with Gasteiger partial charge >= 0.3 is 26.5 Å². The molecule has 5 heavy (non-hydrogen) atoms. The van der Waals surface area contributed by atoms with Crippen molar-refractivity contribution in [1.82, 2.24) is 0 Å². The molecule has 0 heterocycles. The number of hydrogen-bond acceptors (Lipinski definition) is 2. The van der Waals surface area contributed by atoms with Crippen molar-refractivity contribution in [3.8, 4) is 0 Å². The first-order valence-electron chi connectivity index (χ1n) is 0.825. The quantitative estimate of drug-likeness (QED) is 0.434. The van der Waals surface area contributed by atoms with Gasteiger partial charge in [-0.1, -0.05) is 0 Å². The molecule has 0 aliphatic carbocycles. The van der Waals surface area contributed by atoms with E-state index in [0.717, 1.165) is 0 Å². The van der Waals surface area contributed by atoms with Gasteiger partial charge in [-0.15, -0.1) is 0 Å². The first-order chi connectivity index (χ1) is 2.00. The minimum atomic E-state index is -5.61. The van der Waals surface area contributed by atoms with Crippen LogP contribution in [0.15, 0.2) is 0 Å². The van der Waals surface area contributed by atoms with Crippen molar-refractivity contribution in [1.29, 1.82) is 0 Å². The van der Waals surface area contributed by atoms with E-state index in [-0.39, 0.29) is 0 Å². The molecule has 2 nitrogen and oxygen atoms in total. The number of hydrogen-bond donors (Lipinski definition) is 2. The van der Waals surface area contributed by atoms with E-state index in [0.29, 0.717) is 0 Å². The summed E-state index contributed by atoms with van der Waals surface area (Å²) in [7, 11) is -5.61. The first-order valence-corrected chi connectivity index (χ1v) is 2.48. The molecule has 0 aromatic rings. The Labute approximate surface area is 27.8 Å². The second kappa shape index (κ2) is 1.12. The summed E-state index contributed by atoms with van der Waals surface area (Å²) in [6.07, 6.45) is 0. The third-order valence-electron chi connectivity index (χ3n) is 0. The van der Waals surface area contributed by atoms with Crippen molar-refractivity contribution in [2.75, 3.05) is 0 Å². The molecule has 0 fully saturated rings. The Hall–Kier alpha value is 0.210. The molecule has 0 aromatic carbocycles. The zero-order valence-corrected chi connectivity index (χ0v) is 3.15. The zero-order valence-electron chi connectivity index (χ0n) is 2.15. The Balaban J connectivity index is 3.02. The number of rotatable bonds is 0. The van der Waals surface area contributed by atoms with E-state index in [2.05, 4.69) is 0 Å². The van der Waals surface area contributed by atoms with Crippen molar-refractivity contribution >= 4 is 8.34 Å². The summed E-state index contributed by atoms with van der Waals surface area (Å²) in [5, 5.41) is 0. The summed E-state index contributed by atoms with van der Waals surface area (Å²) in [6, 6.07) is 0. The van der Waals surface area contributed by atoms with Crippen LogP contribution in [-0.2, 0) is 0 Å². The minimum absolute atomic E-state index is 5.61. The van der Waals surface area contributed by atoms with Gasteiger partial charge in [0.2, 0.25) is 0 Å². The maximum atomic E-state index is 10.3. The average molecular weight is 104 g/mol. The summed E-state index contributed by atoms with van der Waals surface area (Å²) < 4.78 is 20.5. The van der Waals surface area contributed by atoms with Crippen LogP contribution in [0.5, 0.6) is 0 Å². The Morgan fingerprint density at radius 2 is 1.20 bits per heavy atom. The molecular formula is H3F2O2P. The average Bonchev–Trinajstić information content (AvgIpc) is 0.722. The molecule has 2 N–H and O–H groups in total. The Kier molecular flexibility index (Phi) is 1.17. The van der Waals surface area contributed by atoms with E-state index >= 15 is 0 Å². The molecule has 0 saturated carbocycles. The molecule has 0 unspecified atom stereocenters. The van der Waals surface area contributed by atoms with E-state index in [1.54, 1.807) is 0 Å². The van der Waals surface area contributed by atoms with Gasteiger partial charge in [0.05, 0.1) is 0 Å². The van der Waals surface area contributed by atoms with Crippen molar-refractivity contribution in [2.45, 2.75) is 0 Å². The van der Waals surface area contributed by atoms with Crippen LogP contribution >= 0.6 is 8.34 Å². The first kappa shape index (κ1) is 5.21. The Morgan fingerprint density at radius 3 is 1.20 bits per heavy atom. The molecule has 5 heteroatoms. The van der Waals surface area contributed by atoms with Gasteiger partial charge in [-0.05, 0) is 0 Å². The Morgan fingerprint density at radius 1 is 1.20 bits per heavy atom. The topological polar surface area (TPSA) is 40.5 Å². The molecule has 34 valence electrons. The normalized spacial score (nSPS) is 15.2. The van der Waals surface area contributed by atoms with Crippen LogP contribution < -0.4 is 0 Å². The standard InChI is InChI=1S/F2H3O2P/c1-5(2,3)4/h3-5H. The fraction of sp³-hybridized carbons (Fsp3) is 0. The van der Waals surface area contributed by atoms with E-state index < -0.39 is 8.34 Å². The van der Waals surface area contributed by atoms with Gasteiger partial charge in [-0.25, -0.2) is 0 Å². The second-order valence-electron chi connectivity index (χ2n) is 0.509. The molecule has 0 saturated heterocycles. The summed E-state index contributed by atoms with van der Waals surface area (Å²) >= 11 is 0. The molecule has 0 bridgehead atoms. The van der Waals surface area contributed by atoms with Gasteiger partial charge in [0.1, 0.15) is 0 Å². The van der Waals surface area contributed by atoms with E-state index in [1.807, 2.05) is 0 Å². The number of halogens is 2. The monoisotopic (exact) mass is 104 g/mol. The van der Waals surface area contributed by atoms with Crippen molar-refractivity contribution in [3.63, 3.8) is 0 Å². The van der Waals surface area contributed by atoms with Gasteiger partial charge in [0, 0.05) is 0 Å². The van der Waals surface area contributed by atoms with Gasteiger partial charge in [0.25, 0.3) is 0 Å². The molecule has 0 aliphatic rings. The van der Waals surface area contributed by atoms with Crippen molar-refractivity contribution in [2.24, 2.45) is 0 Å². The summed E-state index contributed by atoms with van der Waals surface area (Å²) in [5.41, 5.74) is 0. The third kappa shape index (κ3) is 466.